The lowest BCUT2D eigenvalue weighted by Crippen LogP contribution is -2.47. The van der Waals surface area contributed by atoms with Crippen molar-refractivity contribution in [1.82, 2.24) is 9.97 Å². The Morgan fingerprint density at radius 2 is 1.79 bits per heavy atom. The van der Waals surface area contributed by atoms with Gasteiger partial charge in [-0.15, -0.1) is 0 Å². The molecule has 1 N–H and O–H groups in total. The van der Waals surface area contributed by atoms with Crippen LogP contribution in [0.4, 0.5) is 21.6 Å². The summed E-state index contributed by atoms with van der Waals surface area (Å²) in [4.78, 5) is 25.2. The van der Waals surface area contributed by atoms with Crippen LogP contribution in [0, 0.1) is 5.82 Å². The van der Waals surface area contributed by atoms with Gasteiger partial charge in [0.2, 0.25) is 12.7 Å². The predicted molar refractivity (Wildman–Crippen MR) is 125 cm³/mol. The van der Waals surface area contributed by atoms with E-state index in [0.717, 1.165) is 23.9 Å². The summed E-state index contributed by atoms with van der Waals surface area (Å²) in [7, 11) is 0. The third kappa shape index (κ3) is 4.95. The molecule has 10 heteroatoms. The summed E-state index contributed by atoms with van der Waals surface area (Å²) < 4.78 is 24.7. The molecule has 1 fully saturated rings. The van der Waals surface area contributed by atoms with Crippen molar-refractivity contribution in [2.24, 2.45) is 0 Å². The highest BCUT2D eigenvalue weighted by Gasteiger charge is 2.21. The number of benzene rings is 2. The maximum Gasteiger partial charge on any atom is 0.234 e. The van der Waals surface area contributed by atoms with Gasteiger partial charge in [-0.2, -0.15) is 0 Å². The molecule has 0 unspecified atom stereocenters. The fraction of sp³-hybridized carbons (Fsp3) is 0.261. The normalized spacial score (nSPS) is 14.9. The number of amides is 1. The number of ether oxygens (including phenoxy) is 2. The minimum Gasteiger partial charge on any atom is -0.454 e. The molecule has 33 heavy (non-hydrogen) atoms. The molecule has 0 bridgehead atoms. The fourth-order valence-corrected chi connectivity index (χ4v) is 4.44. The first-order valence-electron chi connectivity index (χ1n) is 10.5. The molecule has 0 spiro atoms. The van der Waals surface area contributed by atoms with Crippen molar-refractivity contribution in [2.75, 3.05) is 53.8 Å². The Morgan fingerprint density at radius 1 is 1.00 bits per heavy atom. The summed E-state index contributed by atoms with van der Waals surface area (Å²) in [6.45, 7) is 3.04. The number of hydrogen-bond acceptors (Lipinski definition) is 8. The van der Waals surface area contributed by atoms with Crippen molar-refractivity contribution in [3.8, 4) is 11.5 Å². The molecule has 170 valence electrons. The van der Waals surface area contributed by atoms with E-state index in [1.807, 2.05) is 17.0 Å². The number of para-hydroxylation sites is 1. The zero-order chi connectivity index (χ0) is 22.6. The van der Waals surface area contributed by atoms with Crippen molar-refractivity contribution < 1.29 is 18.7 Å². The van der Waals surface area contributed by atoms with E-state index in [-0.39, 0.29) is 24.3 Å². The Bertz CT molecular complexity index is 1160. The van der Waals surface area contributed by atoms with Crippen LogP contribution in [0.2, 0.25) is 0 Å². The number of nitrogens with zero attached hydrogens (tertiary/aromatic N) is 4. The molecule has 2 aliphatic heterocycles. The third-order valence-corrected chi connectivity index (χ3v) is 6.36. The number of hydrogen-bond donors (Lipinski definition) is 1. The van der Waals surface area contributed by atoms with Crippen LogP contribution in [0.25, 0.3) is 0 Å². The van der Waals surface area contributed by atoms with Gasteiger partial charge in [0.15, 0.2) is 11.5 Å². The van der Waals surface area contributed by atoms with Crippen LogP contribution >= 0.6 is 11.8 Å². The molecule has 5 rings (SSSR count). The maximum atomic E-state index is 14.1. The van der Waals surface area contributed by atoms with Gasteiger partial charge in [0.25, 0.3) is 0 Å². The van der Waals surface area contributed by atoms with E-state index in [4.69, 9.17) is 9.47 Å². The largest absolute Gasteiger partial charge is 0.454 e. The standard InChI is InChI=1S/C23H22FN5O3S/c24-17-3-1-2-4-18(17)28-7-9-29(10-8-28)21-12-23(26-14-25-21)33-13-22(30)27-16-5-6-19-20(11-16)32-15-31-19/h1-6,11-12,14H,7-10,13,15H2,(H,27,30). The number of piperazine rings is 1. The lowest BCUT2D eigenvalue weighted by Gasteiger charge is -2.36. The Labute approximate surface area is 194 Å². The second-order valence-corrected chi connectivity index (χ2v) is 8.54. The summed E-state index contributed by atoms with van der Waals surface area (Å²) in [6, 6.07) is 14.0. The number of anilines is 3. The smallest absolute Gasteiger partial charge is 0.234 e. The highest BCUT2D eigenvalue weighted by molar-refractivity contribution is 7.99. The Kier molecular flexibility index (Phi) is 6.16. The number of carbonyl (C=O) groups excluding carboxylic acids is 1. The lowest BCUT2D eigenvalue weighted by atomic mass is 10.2. The van der Waals surface area contributed by atoms with Gasteiger partial charge in [0.1, 0.15) is 23.0 Å². The molecule has 3 aromatic rings. The first kappa shape index (κ1) is 21.3. The molecule has 1 saturated heterocycles. The van der Waals surface area contributed by atoms with E-state index in [1.54, 1.807) is 30.3 Å². The van der Waals surface area contributed by atoms with Crippen molar-refractivity contribution in [1.29, 1.82) is 0 Å². The van der Waals surface area contributed by atoms with E-state index in [2.05, 4.69) is 20.2 Å². The summed E-state index contributed by atoms with van der Waals surface area (Å²) >= 11 is 1.34. The minimum absolute atomic E-state index is 0.141. The number of halogens is 1. The first-order chi connectivity index (χ1) is 16.2. The molecule has 0 saturated carbocycles. The number of rotatable bonds is 6. The Morgan fingerprint density at radius 3 is 2.64 bits per heavy atom. The van der Waals surface area contributed by atoms with Crippen LogP contribution in [-0.2, 0) is 4.79 Å². The van der Waals surface area contributed by atoms with Gasteiger partial charge in [-0.3, -0.25) is 4.79 Å². The molecule has 8 nitrogen and oxygen atoms in total. The van der Waals surface area contributed by atoms with Crippen LogP contribution in [0.5, 0.6) is 11.5 Å². The van der Waals surface area contributed by atoms with Crippen LogP contribution in [0.1, 0.15) is 0 Å². The predicted octanol–water partition coefficient (Wildman–Crippen LogP) is 3.40. The zero-order valence-electron chi connectivity index (χ0n) is 17.7. The molecule has 3 heterocycles. The second kappa shape index (κ2) is 9.53. The highest BCUT2D eigenvalue weighted by Crippen LogP contribution is 2.34. The van der Waals surface area contributed by atoms with Crippen LogP contribution < -0.4 is 24.6 Å². The molecule has 0 radical (unpaired) electrons. The molecule has 1 aromatic heterocycles. The summed E-state index contributed by atoms with van der Waals surface area (Å²) in [5.41, 5.74) is 1.28. The lowest BCUT2D eigenvalue weighted by molar-refractivity contribution is -0.113. The van der Waals surface area contributed by atoms with E-state index < -0.39 is 0 Å². The molecule has 2 aromatic carbocycles. The molecular formula is C23H22FN5O3S. The summed E-state index contributed by atoms with van der Waals surface area (Å²) in [6.07, 6.45) is 1.51. The van der Waals surface area contributed by atoms with Gasteiger partial charge in [0.05, 0.1) is 11.4 Å². The maximum absolute atomic E-state index is 14.1. The van der Waals surface area contributed by atoms with Crippen molar-refractivity contribution >= 4 is 34.9 Å². The van der Waals surface area contributed by atoms with Crippen LogP contribution in [0.3, 0.4) is 0 Å². The van der Waals surface area contributed by atoms with Gasteiger partial charge in [-0.25, -0.2) is 14.4 Å². The van der Waals surface area contributed by atoms with Crippen molar-refractivity contribution in [3.05, 3.63) is 60.7 Å². The van der Waals surface area contributed by atoms with E-state index in [1.165, 1.54) is 24.2 Å². The quantitative estimate of drug-likeness (QED) is 0.437. The number of fused-ring (bicyclic) bond motifs is 1. The average molecular weight is 468 g/mol. The average Bonchev–Trinajstić information content (AvgIpc) is 3.31. The summed E-state index contributed by atoms with van der Waals surface area (Å²) in [5.74, 6) is 1.97. The summed E-state index contributed by atoms with van der Waals surface area (Å²) in [5, 5.41) is 3.58. The van der Waals surface area contributed by atoms with Gasteiger partial charge in [-0.05, 0) is 24.3 Å². The molecule has 0 atom stereocenters. The molecule has 2 aliphatic rings. The van der Waals surface area contributed by atoms with Crippen molar-refractivity contribution in [3.63, 3.8) is 0 Å². The van der Waals surface area contributed by atoms with Gasteiger partial charge in [-0.1, -0.05) is 23.9 Å². The van der Waals surface area contributed by atoms with E-state index in [9.17, 15) is 9.18 Å². The molecule has 1 amide bonds. The molecular weight excluding hydrogens is 445 g/mol. The zero-order valence-corrected chi connectivity index (χ0v) is 18.6. The SMILES string of the molecule is O=C(CSc1cc(N2CCN(c3ccccc3F)CC2)ncn1)Nc1ccc2c(c1)OCO2. The Balaban J connectivity index is 1.14. The number of carbonyl (C=O) groups is 1. The highest BCUT2D eigenvalue weighted by atomic mass is 32.2. The van der Waals surface area contributed by atoms with Gasteiger partial charge in [0, 0.05) is 44.0 Å². The third-order valence-electron chi connectivity index (χ3n) is 5.43. The van der Waals surface area contributed by atoms with Gasteiger partial charge < -0.3 is 24.6 Å². The number of aromatic nitrogens is 2. The van der Waals surface area contributed by atoms with Gasteiger partial charge >= 0.3 is 0 Å². The molecule has 0 aliphatic carbocycles. The topological polar surface area (TPSA) is 79.8 Å². The second-order valence-electron chi connectivity index (χ2n) is 7.54. The van der Waals surface area contributed by atoms with Crippen LogP contribution in [-0.4, -0.2) is 54.6 Å². The van der Waals surface area contributed by atoms with Crippen LogP contribution in [0.15, 0.2) is 59.9 Å². The van der Waals surface area contributed by atoms with E-state index in [0.29, 0.717) is 36.0 Å². The number of nitrogens with one attached hydrogen (secondary N) is 1. The first-order valence-corrected chi connectivity index (χ1v) is 11.5. The van der Waals surface area contributed by atoms with Crippen molar-refractivity contribution in [2.45, 2.75) is 5.03 Å². The monoisotopic (exact) mass is 467 g/mol. The van der Waals surface area contributed by atoms with E-state index >= 15 is 0 Å². The Hall–Kier alpha value is -3.53. The number of thioether (sulfide) groups is 1. The fourth-order valence-electron chi connectivity index (χ4n) is 3.78. The minimum atomic E-state index is -0.203.